The van der Waals surface area contributed by atoms with Crippen LogP contribution in [-0.2, 0) is 13.6 Å². The second-order valence-corrected chi connectivity index (χ2v) is 4.06. The number of halogens is 1. The van der Waals surface area contributed by atoms with Gasteiger partial charge in [-0.1, -0.05) is 0 Å². The predicted molar refractivity (Wildman–Crippen MR) is 45.5 cm³/mol. The molecule has 0 radical (unpaired) electrons. The Labute approximate surface area is 71.1 Å². The Hall–Kier alpha value is -0.0500. The van der Waals surface area contributed by atoms with Crippen molar-refractivity contribution in [1.82, 2.24) is 0 Å². The van der Waals surface area contributed by atoms with Crippen LogP contribution in [0.1, 0.15) is 6.92 Å². The van der Waals surface area contributed by atoms with Crippen molar-refractivity contribution >= 4 is 24.6 Å². The monoisotopic (exact) mass is 199 g/mol. The third-order valence-electron chi connectivity index (χ3n) is 0.781. The minimum absolute atomic E-state index is 0.149. The number of hydrogen-bond donors (Lipinski definition) is 0. The van der Waals surface area contributed by atoms with E-state index in [1.165, 1.54) is 13.7 Å². The van der Waals surface area contributed by atoms with Gasteiger partial charge >= 0.3 is 7.60 Å². The van der Waals surface area contributed by atoms with E-state index in [2.05, 4.69) is 9.52 Å². The second-order valence-electron chi connectivity index (χ2n) is 1.76. The van der Waals surface area contributed by atoms with E-state index in [-0.39, 0.29) is 5.36 Å². The normalized spacial score (nSPS) is 17.6. The summed E-state index contributed by atoms with van der Waals surface area (Å²) in [6.45, 7) is 3.38. The fourth-order valence-corrected chi connectivity index (χ4v) is 1.69. The summed E-state index contributed by atoms with van der Waals surface area (Å²) in [5.41, 5.74) is 0. The van der Waals surface area contributed by atoms with Gasteiger partial charge in [-0.2, -0.15) is 0 Å². The van der Waals surface area contributed by atoms with Gasteiger partial charge in [-0.3, -0.25) is 0 Å². The topological polar surface area (TPSA) is 47.9 Å². The van der Waals surface area contributed by atoms with Gasteiger partial charge in [0, 0.05) is 13.7 Å². The van der Waals surface area contributed by atoms with Gasteiger partial charge in [-0.05, 0) is 18.5 Å². The summed E-state index contributed by atoms with van der Waals surface area (Å²) in [5, 5.41) is -0.149. The summed E-state index contributed by atoms with van der Waals surface area (Å²) in [6.07, 6.45) is 0. The molecule has 0 aliphatic carbocycles. The Kier molecular flexibility index (Phi) is 4.73. The molecule has 0 aromatic carbocycles. The SMILES string of the molecule is CCOP(C)(=O)OC(Cl)=NC. The van der Waals surface area contributed by atoms with Crippen LogP contribution in [0.5, 0.6) is 0 Å². The summed E-state index contributed by atoms with van der Waals surface area (Å²) in [6, 6.07) is 0. The van der Waals surface area contributed by atoms with Gasteiger partial charge < -0.3 is 9.05 Å². The molecule has 0 bridgehead atoms. The van der Waals surface area contributed by atoms with Gasteiger partial charge in [-0.15, -0.1) is 0 Å². The average Bonchev–Trinajstić information content (AvgIpc) is 1.86. The first-order valence-electron chi connectivity index (χ1n) is 3.05. The highest BCUT2D eigenvalue weighted by atomic mass is 35.5. The molecule has 0 N–H and O–H groups in total. The van der Waals surface area contributed by atoms with Crippen molar-refractivity contribution in [1.29, 1.82) is 0 Å². The van der Waals surface area contributed by atoms with Crippen LogP contribution in [0, 0.1) is 0 Å². The summed E-state index contributed by atoms with van der Waals surface area (Å²) in [7, 11) is -1.59. The van der Waals surface area contributed by atoms with Crippen LogP contribution in [0.25, 0.3) is 0 Å². The second kappa shape index (κ2) is 4.75. The molecule has 66 valence electrons. The first-order chi connectivity index (χ1) is 5.02. The molecule has 1 unspecified atom stereocenters. The maximum Gasteiger partial charge on any atom is 0.377 e. The van der Waals surface area contributed by atoms with E-state index in [1.807, 2.05) is 0 Å². The molecule has 0 aromatic heterocycles. The third-order valence-corrected chi connectivity index (χ3v) is 2.37. The standard InChI is InChI=1S/C5H11ClNO3P/c1-4-9-11(3,8)10-5(6)7-2/h4H2,1-3H3. The number of hydrogen-bond acceptors (Lipinski definition) is 4. The van der Waals surface area contributed by atoms with Crippen molar-refractivity contribution in [2.75, 3.05) is 20.3 Å². The van der Waals surface area contributed by atoms with Gasteiger partial charge in [0.15, 0.2) is 0 Å². The van der Waals surface area contributed by atoms with Crippen molar-refractivity contribution in [3.8, 4) is 0 Å². The van der Waals surface area contributed by atoms with E-state index in [1.54, 1.807) is 6.92 Å². The van der Waals surface area contributed by atoms with E-state index < -0.39 is 7.60 Å². The van der Waals surface area contributed by atoms with Gasteiger partial charge in [0.2, 0.25) is 0 Å². The largest absolute Gasteiger partial charge is 0.396 e. The zero-order chi connectivity index (χ0) is 8.91. The van der Waals surface area contributed by atoms with Gasteiger partial charge in [0.25, 0.3) is 5.36 Å². The van der Waals surface area contributed by atoms with E-state index >= 15 is 0 Å². The lowest BCUT2D eigenvalue weighted by Crippen LogP contribution is -1.97. The predicted octanol–water partition coefficient (Wildman–Crippen LogP) is 2.09. The van der Waals surface area contributed by atoms with Crippen LogP contribution in [-0.4, -0.2) is 25.7 Å². The van der Waals surface area contributed by atoms with Crippen LogP contribution < -0.4 is 0 Å². The number of rotatable bonds is 3. The first kappa shape index (κ1) is 11.0. The minimum Gasteiger partial charge on any atom is -0.396 e. The average molecular weight is 200 g/mol. The molecular formula is C5H11ClNO3P. The molecule has 0 heterocycles. The van der Waals surface area contributed by atoms with Crippen LogP contribution in [0.2, 0.25) is 0 Å². The fraction of sp³-hybridized carbons (Fsp3) is 0.800. The molecule has 0 aliphatic heterocycles. The van der Waals surface area contributed by atoms with Crippen molar-refractivity contribution in [3.63, 3.8) is 0 Å². The Morgan fingerprint density at radius 2 is 2.27 bits per heavy atom. The molecule has 11 heavy (non-hydrogen) atoms. The maximum absolute atomic E-state index is 11.2. The Bertz CT molecular complexity index is 194. The molecule has 0 saturated heterocycles. The van der Waals surface area contributed by atoms with Crippen molar-refractivity contribution in [2.45, 2.75) is 6.92 Å². The lowest BCUT2D eigenvalue weighted by molar-refractivity contribution is 0.283. The number of nitrogens with zero attached hydrogens (tertiary/aromatic N) is 1. The van der Waals surface area contributed by atoms with Crippen LogP contribution in [0.3, 0.4) is 0 Å². The summed E-state index contributed by atoms with van der Waals surface area (Å²) in [4.78, 5) is 3.46. The molecule has 0 saturated carbocycles. The maximum atomic E-state index is 11.2. The van der Waals surface area contributed by atoms with E-state index in [0.717, 1.165) is 0 Å². The quantitative estimate of drug-likeness (QED) is 0.397. The molecule has 4 nitrogen and oxygen atoms in total. The number of aliphatic imine (C=N–C) groups is 1. The first-order valence-corrected chi connectivity index (χ1v) is 5.42. The minimum atomic E-state index is -3.03. The lowest BCUT2D eigenvalue weighted by Gasteiger charge is -2.11. The van der Waals surface area contributed by atoms with Crippen LogP contribution in [0.4, 0.5) is 0 Å². The zero-order valence-electron chi connectivity index (χ0n) is 6.70. The molecular weight excluding hydrogens is 188 g/mol. The molecule has 1 atom stereocenters. The molecule has 0 aliphatic rings. The molecule has 0 amide bonds. The molecule has 0 aromatic rings. The van der Waals surface area contributed by atoms with Crippen LogP contribution >= 0.6 is 19.2 Å². The van der Waals surface area contributed by atoms with Crippen molar-refractivity contribution in [2.24, 2.45) is 4.99 Å². The molecule has 0 rings (SSSR count). The van der Waals surface area contributed by atoms with Gasteiger partial charge in [0.1, 0.15) is 0 Å². The molecule has 0 spiro atoms. The van der Waals surface area contributed by atoms with E-state index in [4.69, 9.17) is 16.1 Å². The Morgan fingerprint density at radius 1 is 1.73 bits per heavy atom. The van der Waals surface area contributed by atoms with E-state index in [0.29, 0.717) is 6.61 Å². The highest BCUT2D eigenvalue weighted by Crippen LogP contribution is 2.44. The summed E-state index contributed by atoms with van der Waals surface area (Å²) in [5.74, 6) is 0. The fourth-order valence-electron chi connectivity index (χ4n) is 0.439. The summed E-state index contributed by atoms with van der Waals surface area (Å²) < 4.78 is 20.6. The zero-order valence-corrected chi connectivity index (χ0v) is 8.35. The van der Waals surface area contributed by atoms with Crippen molar-refractivity contribution in [3.05, 3.63) is 0 Å². The third kappa shape index (κ3) is 5.24. The van der Waals surface area contributed by atoms with Gasteiger partial charge in [-0.25, -0.2) is 9.56 Å². The molecule has 0 fully saturated rings. The summed E-state index contributed by atoms with van der Waals surface area (Å²) >= 11 is 5.36. The smallest absolute Gasteiger partial charge is 0.377 e. The Morgan fingerprint density at radius 3 is 2.64 bits per heavy atom. The highest BCUT2D eigenvalue weighted by Gasteiger charge is 2.18. The van der Waals surface area contributed by atoms with Crippen LogP contribution in [0.15, 0.2) is 4.99 Å². The highest BCUT2D eigenvalue weighted by molar-refractivity contribution is 7.53. The van der Waals surface area contributed by atoms with Gasteiger partial charge in [0.05, 0.1) is 6.61 Å². The van der Waals surface area contributed by atoms with Crippen molar-refractivity contribution < 1.29 is 13.6 Å². The lowest BCUT2D eigenvalue weighted by atomic mass is 10.9. The Balaban J connectivity index is 4.02. The van der Waals surface area contributed by atoms with E-state index in [9.17, 15) is 4.57 Å². The molecule has 6 heteroatoms.